The van der Waals surface area contributed by atoms with Gasteiger partial charge in [0.05, 0.1) is 13.2 Å². The number of methoxy groups -OCH3 is 1. The van der Waals surface area contributed by atoms with Crippen LogP contribution in [-0.2, 0) is 27.3 Å². The van der Waals surface area contributed by atoms with Crippen molar-refractivity contribution in [2.75, 3.05) is 7.11 Å². The second-order valence-corrected chi connectivity index (χ2v) is 10.2. The van der Waals surface area contributed by atoms with E-state index in [1.54, 1.807) is 6.07 Å². The summed E-state index contributed by atoms with van der Waals surface area (Å²) in [5, 5.41) is 21.2. The molecule has 1 amide bonds. The molecular formula is C29H47NO6. The van der Waals surface area contributed by atoms with Gasteiger partial charge in [-0.05, 0) is 43.7 Å². The van der Waals surface area contributed by atoms with E-state index in [1.165, 1.54) is 14.0 Å². The minimum absolute atomic E-state index is 0.0659. The fourth-order valence-corrected chi connectivity index (χ4v) is 5.11. The summed E-state index contributed by atoms with van der Waals surface area (Å²) in [7, 11) is 1.52. The normalized spacial score (nSPS) is 17.3. The van der Waals surface area contributed by atoms with Crippen LogP contribution in [0.4, 0.5) is 0 Å². The number of likely N-dealkylation sites (tertiary alicyclic amines) is 1. The first-order chi connectivity index (χ1) is 17.3. The Morgan fingerprint density at radius 3 is 2.53 bits per heavy atom. The molecule has 7 heteroatoms. The Morgan fingerprint density at radius 2 is 1.86 bits per heavy atom. The van der Waals surface area contributed by atoms with Gasteiger partial charge in [0.15, 0.2) is 11.5 Å². The summed E-state index contributed by atoms with van der Waals surface area (Å²) in [4.78, 5) is 26.2. The number of aromatic hydroxyl groups is 1. The van der Waals surface area contributed by atoms with Crippen molar-refractivity contribution in [1.82, 2.24) is 4.90 Å². The first kappa shape index (κ1) is 29.9. The topological polar surface area (TPSA) is 96.3 Å². The third-order valence-electron chi connectivity index (χ3n) is 7.13. The number of nitrogens with zero attached hydrogens (tertiary/aromatic N) is 1. The number of phenols is 1. The van der Waals surface area contributed by atoms with Crippen LogP contribution < -0.4 is 4.74 Å². The van der Waals surface area contributed by atoms with Crippen LogP contribution in [0.15, 0.2) is 12.1 Å². The standard InChI is InChI=1S/C29H47NO6/c1-5-7-9-11-24-14-16-28(33)30(24)20-23-17-22(18-27(35-4)29(23)34)13-15-26(36-21(3)31)19-25(32)12-10-8-6-2/h17-18,24-26,32,34H,5-16,19-20H2,1-4H3/t24-,25+,26-/m1/s1. The van der Waals surface area contributed by atoms with Crippen LogP contribution >= 0.6 is 0 Å². The van der Waals surface area contributed by atoms with Crippen molar-refractivity contribution in [2.45, 2.75) is 129 Å². The zero-order valence-electron chi connectivity index (χ0n) is 22.8. The van der Waals surface area contributed by atoms with E-state index in [-0.39, 0.29) is 29.8 Å². The van der Waals surface area contributed by atoms with Gasteiger partial charge < -0.3 is 24.6 Å². The van der Waals surface area contributed by atoms with E-state index in [0.29, 0.717) is 50.0 Å². The summed E-state index contributed by atoms with van der Waals surface area (Å²) in [6.07, 6.45) is 10.3. The molecule has 1 aromatic rings. The summed E-state index contributed by atoms with van der Waals surface area (Å²) in [5.74, 6) is 0.218. The average molecular weight is 506 g/mol. The van der Waals surface area contributed by atoms with Crippen LogP contribution in [0.25, 0.3) is 0 Å². The van der Waals surface area contributed by atoms with Crippen molar-refractivity contribution in [2.24, 2.45) is 0 Å². The summed E-state index contributed by atoms with van der Waals surface area (Å²) in [5.41, 5.74) is 1.61. The van der Waals surface area contributed by atoms with Crippen molar-refractivity contribution in [3.63, 3.8) is 0 Å². The van der Waals surface area contributed by atoms with Gasteiger partial charge in [0.1, 0.15) is 6.10 Å². The van der Waals surface area contributed by atoms with Gasteiger partial charge in [-0.2, -0.15) is 0 Å². The highest BCUT2D eigenvalue weighted by atomic mass is 16.5. The first-order valence-electron chi connectivity index (χ1n) is 13.8. The number of aryl methyl sites for hydroxylation is 1. The number of amides is 1. The number of rotatable bonds is 17. The van der Waals surface area contributed by atoms with Crippen molar-refractivity contribution in [3.05, 3.63) is 23.3 Å². The maximum absolute atomic E-state index is 12.6. The van der Waals surface area contributed by atoms with Crippen molar-refractivity contribution in [3.8, 4) is 11.5 Å². The Labute approximate surface area is 217 Å². The minimum atomic E-state index is -0.503. The molecule has 0 saturated carbocycles. The molecule has 2 rings (SSSR count). The van der Waals surface area contributed by atoms with Gasteiger partial charge in [-0.3, -0.25) is 9.59 Å². The van der Waals surface area contributed by atoms with E-state index in [4.69, 9.17) is 9.47 Å². The van der Waals surface area contributed by atoms with Crippen LogP contribution in [0.1, 0.15) is 109 Å². The molecule has 1 heterocycles. The van der Waals surface area contributed by atoms with Gasteiger partial charge in [0, 0.05) is 37.9 Å². The van der Waals surface area contributed by atoms with Gasteiger partial charge in [-0.1, -0.05) is 58.4 Å². The molecule has 2 N–H and O–H groups in total. The van der Waals surface area contributed by atoms with Gasteiger partial charge in [0.25, 0.3) is 0 Å². The fourth-order valence-electron chi connectivity index (χ4n) is 5.11. The fraction of sp³-hybridized carbons (Fsp3) is 0.724. The number of carbonyl (C=O) groups is 2. The summed E-state index contributed by atoms with van der Waals surface area (Å²) < 4.78 is 10.9. The highest BCUT2D eigenvalue weighted by Crippen LogP contribution is 2.35. The number of phenolic OH excluding ortho intramolecular Hbond substituents is 1. The number of esters is 1. The van der Waals surface area contributed by atoms with E-state index in [2.05, 4.69) is 13.8 Å². The molecule has 1 fully saturated rings. The highest BCUT2D eigenvalue weighted by Gasteiger charge is 2.31. The highest BCUT2D eigenvalue weighted by molar-refractivity contribution is 5.79. The zero-order chi connectivity index (χ0) is 26.5. The van der Waals surface area contributed by atoms with Crippen molar-refractivity contribution in [1.29, 1.82) is 0 Å². The molecule has 0 aromatic heterocycles. The Morgan fingerprint density at radius 1 is 1.14 bits per heavy atom. The molecule has 7 nitrogen and oxygen atoms in total. The number of hydrogen-bond donors (Lipinski definition) is 2. The third kappa shape index (κ3) is 9.64. The molecule has 1 aliphatic rings. The van der Waals surface area contributed by atoms with E-state index >= 15 is 0 Å². The predicted octanol–water partition coefficient (Wildman–Crippen LogP) is 5.67. The largest absolute Gasteiger partial charge is 0.504 e. The first-order valence-corrected chi connectivity index (χ1v) is 13.8. The van der Waals surface area contributed by atoms with Crippen LogP contribution in [0, 0.1) is 0 Å². The Kier molecular flexibility index (Phi) is 13.1. The number of benzene rings is 1. The van der Waals surface area contributed by atoms with E-state index in [1.807, 2.05) is 11.0 Å². The molecule has 0 spiro atoms. The molecule has 0 bridgehead atoms. The number of aliphatic hydroxyl groups is 1. The van der Waals surface area contributed by atoms with Gasteiger partial charge in [-0.25, -0.2) is 0 Å². The van der Waals surface area contributed by atoms with Crippen LogP contribution in [0.2, 0.25) is 0 Å². The van der Waals surface area contributed by atoms with Crippen LogP contribution in [-0.4, -0.2) is 52.3 Å². The molecule has 0 unspecified atom stereocenters. The van der Waals surface area contributed by atoms with Gasteiger partial charge >= 0.3 is 5.97 Å². The lowest BCUT2D eigenvalue weighted by Crippen LogP contribution is -2.32. The summed E-state index contributed by atoms with van der Waals surface area (Å²) in [6.45, 7) is 6.05. The number of carbonyl (C=O) groups excluding carboxylic acids is 2. The molecule has 1 aromatic carbocycles. The van der Waals surface area contributed by atoms with E-state index < -0.39 is 6.10 Å². The Hall–Kier alpha value is -2.28. The number of unbranched alkanes of at least 4 members (excludes halogenated alkanes) is 4. The quantitative estimate of drug-likeness (QED) is 0.209. The number of aliphatic hydroxyl groups excluding tert-OH is 1. The SMILES string of the molecule is CCCCC[C@H](O)C[C@@H](CCc1cc(CN2C(=O)CC[C@H]2CCCCC)c(O)c(OC)c1)OC(C)=O. The Balaban J connectivity index is 2.11. The molecule has 3 atom stereocenters. The van der Waals surface area contributed by atoms with Crippen LogP contribution in [0.5, 0.6) is 11.5 Å². The van der Waals surface area contributed by atoms with Gasteiger partial charge in [-0.15, -0.1) is 0 Å². The van der Waals surface area contributed by atoms with Crippen LogP contribution in [0.3, 0.4) is 0 Å². The molecule has 0 aliphatic carbocycles. The van der Waals surface area contributed by atoms with E-state index in [0.717, 1.165) is 56.9 Å². The molecule has 1 saturated heterocycles. The minimum Gasteiger partial charge on any atom is -0.504 e. The molecule has 0 radical (unpaired) electrons. The van der Waals surface area contributed by atoms with Crippen molar-refractivity contribution >= 4 is 11.9 Å². The lowest BCUT2D eigenvalue weighted by Gasteiger charge is -2.26. The molecule has 36 heavy (non-hydrogen) atoms. The Bertz CT molecular complexity index is 826. The summed E-state index contributed by atoms with van der Waals surface area (Å²) >= 11 is 0. The third-order valence-corrected chi connectivity index (χ3v) is 7.13. The lowest BCUT2D eigenvalue weighted by atomic mass is 9.98. The number of ether oxygens (including phenoxy) is 2. The predicted molar refractivity (Wildman–Crippen MR) is 141 cm³/mol. The summed E-state index contributed by atoms with van der Waals surface area (Å²) in [6, 6.07) is 3.93. The van der Waals surface area contributed by atoms with Crippen molar-refractivity contribution < 1.29 is 29.3 Å². The van der Waals surface area contributed by atoms with E-state index in [9.17, 15) is 19.8 Å². The smallest absolute Gasteiger partial charge is 0.302 e. The number of hydrogen-bond acceptors (Lipinski definition) is 6. The second-order valence-electron chi connectivity index (χ2n) is 10.2. The zero-order valence-corrected chi connectivity index (χ0v) is 22.8. The van der Waals surface area contributed by atoms with Gasteiger partial charge in [0.2, 0.25) is 5.91 Å². The maximum atomic E-state index is 12.6. The molecule has 1 aliphatic heterocycles. The average Bonchev–Trinajstić information content (AvgIpc) is 3.18. The second kappa shape index (κ2) is 15.7. The lowest BCUT2D eigenvalue weighted by molar-refractivity contribution is -0.148. The molecule has 204 valence electrons. The maximum Gasteiger partial charge on any atom is 0.302 e. The molecular weight excluding hydrogens is 458 g/mol. The monoisotopic (exact) mass is 505 g/mol.